The maximum Gasteiger partial charge on any atom is 0.419 e. The van der Waals surface area contributed by atoms with E-state index in [1.54, 1.807) is 23.6 Å². The Morgan fingerprint density at radius 2 is 1.73 bits per heavy atom. The summed E-state index contributed by atoms with van der Waals surface area (Å²) in [5.41, 5.74) is 1.06. The van der Waals surface area contributed by atoms with Crippen LogP contribution in [0, 0.1) is 0 Å². The van der Waals surface area contributed by atoms with Gasteiger partial charge in [-0.25, -0.2) is 9.97 Å². The van der Waals surface area contributed by atoms with Crippen LogP contribution in [-0.2, 0) is 11.0 Å². The second-order valence-electron chi connectivity index (χ2n) is 8.70. The first-order valence-corrected chi connectivity index (χ1v) is 11.8. The smallest absolute Gasteiger partial charge is 0.339 e. The fraction of sp³-hybridized carbons (Fsp3) is 0.565. The summed E-state index contributed by atoms with van der Waals surface area (Å²) in [6, 6.07) is -0.331. The van der Waals surface area contributed by atoms with E-state index < -0.39 is 23.5 Å². The van der Waals surface area contributed by atoms with Crippen LogP contribution < -0.4 is 15.6 Å². The van der Waals surface area contributed by atoms with E-state index in [2.05, 4.69) is 25.8 Å². The Morgan fingerprint density at radius 3 is 2.24 bits per heavy atom. The topological polar surface area (TPSA) is 85.8 Å². The van der Waals surface area contributed by atoms with Crippen LogP contribution in [0.15, 0.2) is 40.4 Å². The highest BCUT2D eigenvalue weighted by molar-refractivity contribution is 6.03. The number of hydrazone groups is 1. The molecule has 0 saturated carbocycles. The molecule has 0 aromatic carbocycles. The summed E-state index contributed by atoms with van der Waals surface area (Å²) in [5.74, 6) is 0.0196. The number of nitrogens with one attached hydrogen (secondary N) is 2. The fourth-order valence-corrected chi connectivity index (χ4v) is 4.14. The Hall–Kier alpha value is -3.16. The molecule has 1 aromatic rings. The van der Waals surface area contributed by atoms with Crippen molar-refractivity contribution in [2.24, 2.45) is 5.10 Å². The molecule has 1 saturated heterocycles. The monoisotopic (exact) mass is 533 g/mol. The van der Waals surface area contributed by atoms with Crippen molar-refractivity contribution in [3.8, 4) is 0 Å². The second-order valence-corrected chi connectivity index (χ2v) is 8.70. The van der Waals surface area contributed by atoms with E-state index in [1.807, 2.05) is 0 Å². The summed E-state index contributed by atoms with van der Waals surface area (Å²) < 4.78 is 79.0. The molecular weight excluding hydrogens is 504 g/mol. The fourth-order valence-electron chi connectivity index (χ4n) is 4.14. The van der Waals surface area contributed by atoms with Gasteiger partial charge in [0.2, 0.25) is 11.9 Å². The molecule has 0 spiro atoms. The van der Waals surface area contributed by atoms with Gasteiger partial charge in [-0.1, -0.05) is 13.0 Å². The number of halogens is 6. The third kappa shape index (κ3) is 6.99. The van der Waals surface area contributed by atoms with Gasteiger partial charge in [0, 0.05) is 57.6 Å². The van der Waals surface area contributed by atoms with Gasteiger partial charge in [-0.2, -0.15) is 31.4 Å². The number of allylic oxidation sites excluding steroid dienone is 2. The minimum absolute atomic E-state index is 0.0558. The lowest BCUT2D eigenvalue weighted by molar-refractivity contribution is -0.138. The van der Waals surface area contributed by atoms with Gasteiger partial charge in [0.15, 0.2) is 0 Å². The molecule has 1 unspecified atom stereocenters. The molecule has 204 valence electrons. The van der Waals surface area contributed by atoms with Crippen molar-refractivity contribution in [3.05, 3.63) is 40.9 Å². The van der Waals surface area contributed by atoms with Gasteiger partial charge >= 0.3 is 12.4 Å². The average Bonchev–Trinajstić information content (AvgIpc) is 2.85. The second kappa shape index (κ2) is 11.5. The first kappa shape index (κ1) is 28.4. The zero-order valence-electron chi connectivity index (χ0n) is 20.7. The van der Waals surface area contributed by atoms with Crippen LogP contribution >= 0.6 is 0 Å². The minimum Gasteiger partial charge on any atom is -0.339 e. The highest BCUT2D eigenvalue weighted by Crippen LogP contribution is 2.36. The number of piperazine rings is 1. The number of rotatable bonds is 7. The highest BCUT2D eigenvalue weighted by Gasteiger charge is 2.40. The standard InChI is InChI=1S/C23H29F6N7O/c1-4-16-18(34-33-17(5-2)20(16)23(27,28)29)13-30-14(3)10-19(37)35-6-8-36(9-7-35)21-31-11-15(12-32-21)22(24,25)26/h5,11-12,14,30,33H,4,6-10,13H2,1-3H3/b17-5-. The molecule has 3 heterocycles. The van der Waals surface area contributed by atoms with Crippen molar-refractivity contribution >= 4 is 17.6 Å². The van der Waals surface area contributed by atoms with Gasteiger partial charge in [0.05, 0.1) is 22.5 Å². The summed E-state index contributed by atoms with van der Waals surface area (Å²) >= 11 is 0. The number of nitrogens with zero attached hydrogens (tertiary/aromatic N) is 5. The maximum atomic E-state index is 13.6. The molecule has 0 aliphatic carbocycles. The van der Waals surface area contributed by atoms with Crippen molar-refractivity contribution in [2.45, 2.75) is 52.0 Å². The summed E-state index contributed by atoms with van der Waals surface area (Å²) in [6.07, 6.45) is -5.99. The van der Waals surface area contributed by atoms with Crippen LogP contribution in [0.1, 0.15) is 39.2 Å². The third-order valence-corrected chi connectivity index (χ3v) is 6.14. The molecule has 37 heavy (non-hydrogen) atoms. The molecule has 2 aliphatic rings. The van der Waals surface area contributed by atoms with Crippen LogP contribution in [0.4, 0.5) is 32.3 Å². The normalized spacial score (nSPS) is 19.2. The van der Waals surface area contributed by atoms with Gasteiger partial charge in [-0.15, -0.1) is 0 Å². The van der Waals surface area contributed by atoms with E-state index in [1.165, 1.54) is 13.0 Å². The average molecular weight is 534 g/mol. The third-order valence-electron chi connectivity index (χ3n) is 6.14. The number of carbonyl (C=O) groups is 1. The molecule has 14 heteroatoms. The Kier molecular flexibility index (Phi) is 8.82. The number of amides is 1. The van der Waals surface area contributed by atoms with E-state index in [-0.39, 0.29) is 54.3 Å². The van der Waals surface area contributed by atoms with E-state index in [0.717, 1.165) is 12.4 Å². The molecule has 1 atom stereocenters. The van der Waals surface area contributed by atoms with E-state index in [9.17, 15) is 31.1 Å². The summed E-state index contributed by atoms with van der Waals surface area (Å²) in [4.78, 5) is 23.7. The van der Waals surface area contributed by atoms with Gasteiger partial charge < -0.3 is 15.1 Å². The minimum atomic E-state index is -4.53. The summed E-state index contributed by atoms with van der Waals surface area (Å²) in [7, 11) is 0. The predicted molar refractivity (Wildman–Crippen MR) is 126 cm³/mol. The van der Waals surface area contributed by atoms with Crippen LogP contribution in [-0.4, -0.2) is 71.4 Å². The van der Waals surface area contributed by atoms with Crippen molar-refractivity contribution in [1.82, 2.24) is 25.6 Å². The van der Waals surface area contributed by atoms with Crippen molar-refractivity contribution in [1.29, 1.82) is 0 Å². The number of anilines is 1. The lowest BCUT2D eigenvalue weighted by atomic mass is 9.96. The zero-order valence-corrected chi connectivity index (χ0v) is 20.7. The molecule has 1 fully saturated rings. The first-order chi connectivity index (χ1) is 17.3. The van der Waals surface area contributed by atoms with Gasteiger partial charge in [0.1, 0.15) is 0 Å². The molecule has 1 aromatic heterocycles. The van der Waals surface area contributed by atoms with Crippen LogP contribution in [0.2, 0.25) is 0 Å². The predicted octanol–water partition coefficient (Wildman–Crippen LogP) is 3.64. The Balaban J connectivity index is 1.52. The highest BCUT2D eigenvalue weighted by atomic mass is 19.4. The maximum absolute atomic E-state index is 13.6. The number of hydrogen-bond donors (Lipinski definition) is 2. The zero-order chi connectivity index (χ0) is 27.4. The SMILES string of the molecule is C/C=C1\NN=C(CNC(C)CC(=O)N2CCN(c3ncc(C(F)(F)F)cn3)CC2)C(CC)=C1C(F)(F)F. The van der Waals surface area contributed by atoms with Crippen LogP contribution in [0.3, 0.4) is 0 Å². The molecule has 3 rings (SSSR count). The van der Waals surface area contributed by atoms with Crippen molar-refractivity contribution < 1.29 is 31.1 Å². The van der Waals surface area contributed by atoms with Gasteiger partial charge in [-0.05, 0) is 25.8 Å². The molecule has 0 radical (unpaired) electrons. The van der Waals surface area contributed by atoms with Crippen LogP contribution in [0.25, 0.3) is 0 Å². The molecule has 1 amide bonds. The number of alkyl halides is 6. The summed E-state index contributed by atoms with van der Waals surface area (Å²) in [6.45, 7) is 6.37. The molecular formula is C23H29F6N7O. The molecule has 8 nitrogen and oxygen atoms in total. The van der Waals surface area contributed by atoms with E-state index >= 15 is 0 Å². The Bertz CT molecular complexity index is 1050. The quantitative estimate of drug-likeness (QED) is 0.521. The van der Waals surface area contributed by atoms with Crippen molar-refractivity contribution in [2.75, 3.05) is 37.6 Å². The van der Waals surface area contributed by atoms with Gasteiger partial charge in [0.25, 0.3) is 0 Å². The number of carbonyl (C=O) groups excluding carboxylic acids is 1. The Morgan fingerprint density at radius 1 is 1.11 bits per heavy atom. The largest absolute Gasteiger partial charge is 0.419 e. The van der Waals surface area contributed by atoms with Crippen molar-refractivity contribution in [3.63, 3.8) is 0 Å². The first-order valence-electron chi connectivity index (χ1n) is 11.8. The lowest BCUT2D eigenvalue weighted by Crippen LogP contribution is -2.50. The number of hydrogen-bond acceptors (Lipinski definition) is 7. The number of aromatic nitrogens is 2. The Labute approximate surface area is 210 Å². The molecule has 2 aliphatic heterocycles. The summed E-state index contributed by atoms with van der Waals surface area (Å²) in [5, 5.41) is 7.18. The van der Waals surface area contributed by atoms with Crippen LogP contribution in [0.5, 0.6) is 0 Å². The van der Waals surface area contributed by atoms with Gasteiger partial charge in [-0.3, -0.25) is 10.2 Å². The van der Waals surface area contributed by atoms with E-state index in [4.69, 9.17) is 0 Å². The molecule has 2 N–H and O–H groups in total. The lowest BCUT2D eigenvalue weighted by Gasteiger charge is -2.35. The van der Waals surface area contributed by atoms with E-state index in [0.29, 0.717) is 26.2 Å². The molecule has 0 bridgehead atoms.